The van der Waals surface area contributed by atoms with Gasteiger partial charge in [-0.3, -0.25) is 4.79 Å². The molecule has 0 amide bonds. The molecule has 0 aromatic carbocycles. The van der Waals surface area contributed by atoms with Crippen LogP contribution < -0.4 is 0 Å². The lowest BCUT2D eigenvalue weighted by Gasteiger charge is -2.58. The van der Waals surface area contributed by atoms with Gasteiger partial charge in [0.2, 0.25) is 0 Å². The van der Waals surface area contributed by atoms with Crippen LogP contribution in [0.15, 0.2) is 22.8 Å². The predicted octanol–water partition coefficient (Wildman–Crippen LogP) is 4.61. The zero-order chi connectivity index (χ0) is 16.6. The Balaban J connectivity index is 1.74. The number of ketones is 1. The third-order valence-corrected chi connectivity index (χ3v) is 8.62. The number of carbonyl (C=O) groups is 1. The summed E-state index contributed by atoms with van der Waals surface area (Å²) < 4.78 is 0. The summed E-state index contributed by atoms with van der Waals surface area (Å²) in [6.45, 7) is 6.63. The van der Waals surface area contributed by atoms with Crippen LogP contribution in [0, 0.1) is 28.6 Å². The molecule has 0 spiro atoms. The third kappa shape index (κ3) is 1.88. The lowest BCUT2D eigenvalue weighted by Crippen LogP contribution is -2.53. The van der Waals surface area contributed by atoms with Crippen LogP contribution >= 0.6 is 11.6 Å². The van der Waals surface area contributed by atoms with Crippen molar-refractivity contribution in [3.63, 3.8) is 0 Å². The van der Waals surface area contributed by atoms with E-state index in [0.717, 1.165) is 38.5 Å². The highest BCUT2D eigenvalue weighted by Gasteiger charge is 2.62. The maximum absolute atomic E-state index is 12.0. The molecule has 4 rings (SSSR count). The molecule has 23 heavy (non-hydrogen) atoms. The molecule has 3 heteroatoms. The van der Waals surface area contributed by atoms with Crippen LogP contribution in [0.2, 0.25) is 0 Å². The molecule has 0 aromatic heterocycles. The van der Waals surface area contributed by atoms with Crippen LogP contribution in [0.1, 0.15) is 59.3 Å². The van der Waals surface area contributed by atoms with Crippen molar-refractivity contribution >= 4 is 17.4 Å². The van der Waals surface area contributed by atoms with Crippen molar-refractivity contribution in [2.24, 2.45) is 28.6 Å². The van der Waals surface area contributed by atoms with Gasteiger partial charge in [-0.15, -0.1) is 0 Å². The molecule has 0 saturated heterocycles. The second-order valence-corrected chi connectivity index (χ2v) is 9.33. The highest BCUT2D eigenvalue weighted by atomic mass is 35.5. The second kappa shape index (κ2) is 4.73. The fourth-order valence-electron chi connectivity index (χ4n) is 6.52. The molecule has 4 aliphatic carbocycles. The summed E-state index contributed by atoms with van der Waals surface area (Å²) >= 11 is 6.38. The van der Waals surface area contributed by atoms with Crippen LogP contribution in [0.3, 0.4) is 0 Å². The lowest BCUT2D eigenvalue weighted by molar-refractivity contribution is -0.114. The molecule has 6 atom stereocenters. The van der Waals surface area contributed by atoms with E-state index in [9.17, 15) is 9.90 Å². The molecule has 1 N–H and O–H groups in total. The van der Waals surface area contributed by atoms with E-state index in [-0.39, 0.29) is 16.6 Å². The number of halogens is 1. The third-order valence-electron chi connectivity index (χ3n) is 8.21. The van der Waals surface area contributed by atoms with Crippen molar-refractivity contribution in [1.29, 1.82) is 0 Å². The number of fused-ring (bicyclic) bond motifs is 5. The zero-order valence-corrected chi connectivity index (χ0v) is 15.1. The summed E-state index contributed by atoms with van der Waals surface area (Å²) in [4.78, 5) is 12.0. The van der Waals surface area contributed by atoms with E-state index in [1.807, 2.05) is 6.92 Å². The number of allylic oxidation sites excluding steroid dienone is 4. The minimum absolute atomic E-state index is 0.0259. The smallest absolute Gasteiger partial charge is 0.196 e. The van der Waals surface area contributed by atoms with Gasteiger partial charge >= 0.3 is 0 Å². The van der Waals surface area contributed by atoms with Gasteiger partial charge in [0.25, 0.3) is 0 Å². The summed E-state index contributed by atoms with van der Waals surface area (Å²) in [5.74, 6) is 1.76. The molecular weight excluding hydrogens is 308 g/mol. The Labute approximate surface area is 144 Å². The highest BCUT2D eigenvalue weighted by molar-refractivity contribution is 6.45. The van der Waals surface area contributed by atoms with Gasteiger partial charge < -0.3 is 5.11 Å². The molecule has 0 radical (unpaired) electrons. The quantitative estimate of drug-likeness (QED) is 0.702. The first kappa shape index (κ1) is 15.9. The highest BCUT2D eigenvalue weighted by Crippen LogP contribution is 2.67. The predicted molar refractivity (Wildman–Crippen MR) is 92.0 cm³/mol. The van der Waals surface area contributed by atoms with Gasteiger partial charge in [-0.05, 0) is 80.3 Å². The SMILES string of the molecule is C[C@]12C=CC(=O)C(Cl)=C1CC[C@H]1[C@H]2CC[C@@]2(C)[C@@H]1CC[C@]2(C)O. The first-order valence-electron chi connectivity index (χ1n) is 9.06. The fourth-order valence-corrected chi connectivity index (χ4v) is 6.88. The van der Waals surface area contributed by atoms with E-state index >= 15 is 0 Å². The standard InChI is InChI=1S/C20H27ClO2/c1-18-9-8-16(22)17(21)15(18)5-4-12-13(18)6-10-19(2)14(12)7-11-20(19,3)23/h8-9,12-14,23H,4-7,10-11H2,1-3H3/t12-,13+,14+,18+,19-,20-/m0/s1. The summed E-state index contributed by atoms with van der Waals surface area (Å²) in [6, 6.07) is 0. The van der Waals surface area contributed by atoms with E-state index < -0.39 is 5.60 Å². The normalized spacial score (nSPS) is 52.2. The average Bonchev–Trinajstić information content (AvgIpc) is 2.74. The van der Waals surface area contributed by atoms with Crippen molar-refractivity contribution in [3.05, 3.63) is 22.8 Å². The van der Waals surface area contributed by atoms with Gasteiger partial charge in [-0.25, -0.2) is 0 Å². The lowest BCUT2D eigenvalue weighted by atomic mass is 9.47. The fraction of sp³-hybridized carbons (Fsp3) is 0.750. The van der Waals surface area contributed by atoms with Crippen molar-refractivity contribution in [3.8, 4) is 0 Å². The average molecular weight is 335 g/mol. The maximum Gasteiger partial charge on any atom is 0.196 e. The molecule has 0 heterocycles. The van der Waals surface area contributed by atoms with Crippen molar-refractivity contribution in [2.75, 3.05) is 0 Å². The number of carbonyl (C=O) groups excluding carboxylic acids is 1. The minimum atomic E-state index is -0.532. The molecule has 0 aliphatic heterocycles. The molecule has 0 unspecified atom stereocenters. The van der Waals surface area contributed by atoms with Gasteiger partial charge in [0, 0.05) is 5.41 Å². The summed E-state index contributed by atoms with van der Waals surface area (Å²) in [7, 11) is 0. The van der Waals surface area contributed by atoms with E-state index in [0.29, 0.717) is 22.8 Å². The molecule has 3 saturated carbocycles. The van der Waals surface area contributed by atoms with E-state index in [2.05, 4.69) is 19.9 Å². The van der Waals surface area contributed by atoms with Crippen molar-refractivity contribution in [2.45, 2.75) is 64.9 Å². The first-order chi connectivity index (χ1) is 10.7. The van der Waals surface area contributed by atoms with E-state index in [1.165, 1.54) is 5.57 Å². The number of rotatable bonds is 0. The zero-order valence-electron chi connectivity index (χ0n) is 14.4. The summed E-state index contributed by atoms with van der Waals surface area (Å²) in [6.07, 6.45) is 10.1. The van der Waals surface area contributed by atoms with Crippen LogP contribution in [-0.2, 0) is 4.79 Å². The largest absolute Gasteiger partial charge is 0.390 e. The number of aliphatic hydroxyl groups is 1. The van der Waals surface area contributed by atoms with Gasteiger partial charge in [0.15, 0.2) is 5.78 Å². The monoisotopic (exact) mass is 334 g/mol. The summed E-state index contributed by atoms with van der Waals surface area (Å²) in [5, 5.41) is 11.4. The Bertz CT molecular complexity index is 632. The molecule has 0 bridgehead atoms. The Morgan fingerprint density at radius 2 is 1.83 bits per heavy atom. The van der Waals surface area contributed by atoms with Crippen molar-refractivity contribution in [1.82, 2.24) is 0 Å². The Morgan fingerprint density at radius 1 is 1.13 bits per heavy atom. The molecule has 3 fully saturated rings. The van der Waals surface area contributed by atoms with Crippen LogP contribution in [0.4, 0.5) is 0 Å². The molecular formula is C20H27ClO2. The van der Waals surface area contributed by atoms with Crippen LogP contribution in [-0.4, -0.2) is 16.5 Å². The minimum Gasteiger partial charge on any atom is -0.390 e. The van der Waals surface area contributed by atoms with Gasteiger partial charge in [-0.1, -0.05) is 31.5 Å². The van der Waals surface area contributed by atoms with E-state index in [4.69, 9.17) is 11.6 Å². The molecule has 126 valence electrons. The molecule has 2 nitrogen and oxygen atoms in total. The summed E-state index contributed by atoms with van der Waals surface area (Å²) in [5.41, 5.74) is 0.615. The molecule has 4 aliphatic rings. The van der Waals surface area contributed by atoms with Gasteiger partial charge in [0.05, 0.1) is 10.6 Å². The maximum atomic E-state index is 12.0. The Morgan fingerprint density at radius 3 is 2.57 bits per heavy atom. The van der Waals surface area contributed by atoms with Crippen molar-refractivity contribution < 1.29 is 9.90 Å². The number of hydrogen-bond acceptors (Lipinski definition) is 2. The Kier molecular flexibility index (Phi) is 3.27. The van der Waals surface area contributed by atoms with Crippen LogP contribution in [0.5, 0.6) is 0 Å². The topological polar surface area (TPSA) is 37.3 Å². The Hall–Kier alpha value is -0.600. The van der Waals surface area contributed by atoms with Crippen LogP contribution in [0.25, 0.3) is 0 Å². The van der Waals surface area contributed by atoms with E-state index in [1.54, 1.807) is 6.08 Å². The number of hydrogen-bond donors (Lipinski definition) is 1. The van der Waals surface area contributed by atoms with Gasteiger partial charge in [0.1, 0.15) is 0 Å². The molecule has 0 aromatic rings. The van der Waals surface area contributed by atoms with Gasteiger partial charge in [-0.2, -0.15) is 0 Å². The second-order valence-electron chi connectivity index (χ2n) is 8.96. The first-order valence-corrected chi connectivity index (χ1v) is 9.43.